The van der Waals surface area contributed by atoms with Crippen molar-refractivity contribution in [2.45, 2.75) is 19.5 Å². The molecule has 1 aromatic carbocycles. The molecule has 1 aromatic rings. The van der Waals surface area contributed by atoms with E-state index in [1.54, 1.807) is 12.0 Å². The third-order valence-electron chi connectivity index (χ3n) is 3.79. The molecule has 1 aliphatic rings. The predicted octanol–water partition coefficient (Wildman–Crippen LogP) is 1.28. The Bertz CT molecular complexity index is 478. The minimum atomic E-state index is -0.0967. The molecule has 1 N–H and O–H groups in total. The topological polar surface area (TPSA) is 50.8 Å². The number of likely N-dealkylation sites (N-methyl/N-ethyl adjacent to an activating group) is 1. The monoisotopic (exact) mass is 292 g/mol. The summed E-state index contributed by atoms with van der Waals surface area (Å²) in [7, 11) is 3.48. The van der Waals surface area contributed by atoms with E-state index in [1.807, 2.05) is 38.2 Å². The molecule has 1 aliphatic heterocycles. The lowest BCUT2D eigenvalue weighted by atomic mass is 10.0. The van der Waals surface area contributed by atoms with Crippen molar-refractivity contribution in [1.82, 2.24) is 10.2 Å². The van der Waals surface area contributed by atoms with Crippen molar-refractivity contribution in [2.24, 2.45) is 5.92 Å². The summed E-state index contributed by atoms with van der Waals surface area (Å²) in [6, 6.07) is 7.91. The van der Waals surface area contributed by atoms with Gasteiger partial charge < -0.3 is 19.7 Å². The van der Waals surface area contributed by atoms with Crippen molar-refractivity contribution in [1.29, 1.82) is 0 Å². The maximum Gasteiger partial charge on any atom is 0.229 e. The molecule has 2 rings (SSSR count). The molecule has 1 amide bonds. The predicted molar refractivity (Wildman–Crippen MR) is 81.2 cm³/mol. The van der Waals surface area contributed by atoms with Crippen molar-refractivity contribution in [3.63, 3.8) is 0 Å². The van der Waals surface area contributed by atoms with Crippen LogP contribution in [0.3, 0.4) is 0 Å². The first-order chi connectivity index (χ1) is 10.2. The zero-order chi connectivity index (χ0) is 15.2. The standard InChI is InChI=1S/C16H24N2O3/c1-4-17-15-11-21-10-14(15)16(19)18(2)9-12-6-5-7-13(8-12)20-3/h5-8,14-15,17H,4,9-11H2,1-3H3. The lowest BCUT2D eigenvalue weighted by Crippen LogP contribution is -2.44. The van der Waals surface area contributed by atoms with Gasteiger partial charge in [0.25, 0.3) is 0 Å². The van der Waals surface area contributed by atoms with Gasteiger partial charge in [0, 0.05) is 19.6 Å². The summed E-state index contributed by atoms with van der Waals surface area (Å²) in [6.07, 6.45) is 0. The molecular weight excluding hydrogens is 268 g/mol. The van der Waals surface area contributed by atoms with Gasteiger partial charge in [-0.25, -0.2) is 0 Å². The number of rotatable bonds is 6. The molecule has 1 heterocycles. The van der Waals surface area contributed by atoms with Crippen LogP contribution < -0.4 is 10.1 Å². The smallest absolute Gasteiger partial charge is 0.229 e. The van der Waals surface area contributed by atoms with Crippen LogP contribution in [0.15, 0.2) is 24.3 Å². The van der Waals surface area contributed by atoms with E-state index < -0.39 is 0 Å². The van der Waals surface area contributed by atoms with E-state index >= 15 is 0 Å². The molecule has 1 fully saturated rings. The molecule has 0 aromatic heterocycles. The molecular formula is C16H24N2O3. The highest BCUT2D eigenvalue weighted by molar-refractivity contribution is 5.79. The van der Waals surface area contributed by atoms with Crippen molar-refractivity contribution in [2.75, 3.05) is 33.9 Å². The quantitative estimate of drug-likeness (QED) is 0.858. The van der Waals surface area contributed by atoms with E-state index in [4.69, 9.17) is 9.47 Å². The molecule has 5 nitrogen and oxygen atoms in total. The average Bonchev–Trinajstić information content (AvgIpc) is 2.95. The summed E-state index contributed by atoms with van der Waals surface area (Å²) in [4.78, 5) is 14.3. The van der Waals surface area contributed by atoms with Gasteiger partial charge in [0.15, 0.2) is 0 Å². The zero-order valence-electron chi connectivity index (χ0n) is 13.0. The molecule has 0 saturated carbocycles. The first-order valence-electron chi connectivity index (χ1n) is 7.34. The van der Waals surface area contributed by atoms with Crippen molar-refractivity contribution < 1.29 is 14.3 Å². The molecule has 0 spiro atoms. The first kappa shape index (κ1) is 15.8. The van der Waals surface area contributed by atoms with E-state index in [0.717, 1.165) is 17.9 Å². The summed E-state index contributed by atoms with van der Waals surface area (Å²) in [5.41, 5.74) is 1.06. The number of methoxy groups -OCH3 is 1. The number of benzene rings is 1. The number of carbonyl (C=O) groups is 1. The summed E-state index contributed by atoms with van der Waals surface area (Å²) in [5, 5.41) is 3.32. The van der Waals surface area contributed by atoms with E-state index in [1.165, 1.54) is 0 Å². The van der Waals surface area contributed by atoms with Crippen LogP contribution in [-0.4, -0.2) is 50.8 Å². The fourth-order valence-corrected chi connectivity index (χ4v) is 2.67. The van der Waals surface area contributed by atoms with Crippen LogP contribution in [0.5, 0.6) is 5.75 Å². The molecule has 2 atom stereocenters. The maximum absolute atomic E-state index is 12.6. The number of amides is 1. The van der Waals surface area contributed by atoms with Crippen molar-refractivity contribution in [3.8, 4) is 5.75 Å². The van der Waals surface area contributed by atoms with Gasteiger partial charge in [-0.1, -0.05) is 19.1 Å². The number of ether oxygens (including phenoxy) is 2. The Morgan fingerprint density at radius 1 is 1.48 bits per heavy atom. The van der Waals surface area contributed by atoms with Gasteiger partial charge >= 0.3 is 0 Å². The van der Waals surface area contributed by atoms with Gasteiger partial charge in [-0.3, -0.25) is 4.79 Å². The Hall–Kier alpha value is -1.59. The second-order valence-electron chi connectivity index (χ2n) is 5.35. The Labute approximate surface area is 126 Å². The van der Waals surface area contributed by atoms with E-state index in [2.05, 4.69) is 5.32 Å². The second kappa shape index (κ2) is 7.43. The summed E-state index contributed by atoms with van der Waals surface area (Å²) < 4.78 is 10.7. The molecule has 0 aliphatic carbocycles. The Morgan fingerprint density at radius 2 is 2.29 bits per heavy atom. The lowest BCUT2D eigenvalue weighted by molar-refractivity contribution is -0.135. The molecule has 21 heavy (non-hydrogen) atoms. The summed E-state index contributed by atoms with van der Waals surface area (Å²) >= 11 is 0. The highest BCUT2D eigenvalue weighted by Gasteiger charge is 2.35. The molecule has 5 heteroatoms. The van der Waals surface area contributed by atoms with Gasteiger partial charge in [0.1, 0.15) is 5.75 Å². The molecule has 0 bridgehead atoms. The third kappa shape index (κ3) is 3.95. The zero-order valence-corrected chi connectivity index (χ0v) is 13.0. The molecule has 0 radical (unpaired) electrons. The SMILES string of the molecule is CCNC1COCC1C(=O)N(C)Cc1cccc(OC)c1. The van der Waals surface area contributed by atoms with Crippen LogP contribution in [-0.2, 0) is 16.1 Å². The number of nitrogens with one attached hydrogen (secondary N) is 1. The van der Waals surface area contributed by atoms with Gasteiger partial charge in [0.05, 0.1) is 26.2 Å². The lowest BCUT2D eigenvalue weighted by Gasteiger charge is -2.24. The van der Waals surface area contributed by atoms with Gasteiger partial charge in [0.2, 0.25) is 5.91 Å². The highest BCUT2D eigenvalue weighted by Crippen LogP contribution is 2.19. The Kier molecular flexibility index (Phi) is 5.59. The molecule has 1 saturated heterocycles. The first-order valence-corrected chi connectivity index (χ1v) is 7.34. The largest absolute Gasteiger partial charge is 0.497 e. The molecule has 2 unspecified atom stereocenters. The van der Waals surface area contributed by atoms with Gasteiger partial charge in [-0.05, 0) is 24.2 Å². The second-order valence-corrected chi connectivity index (χ2v) is 5.35. The minimum Gasteiger partial charge on any atom is -0.497 e. The Morgan fingerprint density at radius 3 is 3.00 bits per heavy atom. The Balaban J connectivity index is 1.98. The number of hydrogen-bond donors (Lipinski definition) is 1. The van der Waals surface area contributed by atoms with Gasteiger partial charge in [-0.2, -0.15) is 0 Å². The van der Waals surface area contributed by atoms with Crippen molar-refractivity contribution in [3.05, 3.63) is 29.8 Å². The maximum atomic E-state index is 12.6. The summed E-state index contributed by atoms with van der Waals surface area (Å²) in [5.74, 6) is 0.838. The van der Waals surface area contributed by atoms with Crippen LogP contribution in [0.2, 0.25) is 0 Å². The number of nitrogens with zero attached hydrogens (tertiary/aromatic N) is 1. The van der Waals surface area contributed by atoms with E-state index in [9.17, 15) is 4.79 Å². The normalized spacial score (nSPS) is 21.3. The van der Waals surface area contributed by atoms with Crippen LogP contribution in [0, 0.1) is 5.92 Å². The average molecular weight is 292 g/mol. The van der Waals surface area contributed by atoms with Crippen LogP contribution in [0.25, 0.3) is 0 Å². The molecule has 116 valence electrons. The third-order valence-corrected chi connectivity index (χ3v) is 3.79. The van der Waals surface area contributed by atoms with E-state index in [0.29, 0.717) is 19.8 Å². The van der Waals surface area contributed by atoms with E-state index in [-0.39, 0.29) is 17.9 Å². The summed E-state index contributed by atoms with van der Waals surface area (Å²) in [6.45, 7) is 4.57. The fraction of sp³-hybridized carbons (Fsp3) is 0.562. The van der Waals surface area contributed by atoms with Crippen LogP contribution in [0.1, 0.15) is 12.5 Å². The van der Waals surface area contributed by atoms with Crippen molar-refractivity contribution >= 4 is 5.91 Å². The van der Waals surface area contributed by atoms with Gasteiger partial charge in [-0.15, -0.1) is 0 Å². The number of hydrogen-bond acceptors (Lipinski definition) is 4. The highest BCUT2D eigenvalue weighted by atomic mass is 16.5. The van der Waals surface area contributed by atoms with Crippen LogP contribution in [0.4, 0.5) is 0 Å². The number of carbonyl (C=O) groups excluding carboxylic acids is 1. The fourth-order valence-electron chi connectivity index (χ4n) is 2.67. The van der Waals surface area contributed by atoms with Crippen LogP contribution >= 0.6 is 0 Å². The minimum absolute atomic E-state index is 0.0967.